The molecule has 0 saturated heterocycles. The van der Waals surface area contributed by atoms with Gasteiger partial charge in [-0.3, -0.25) is 4.99 Å². The summed E-state index contributed by atoms with van der Waals surface area (Å²) in [5, 5.41) is 0.674. The van der Waals surface area contributed by atoms with Crippen molar-refractivity contribution in [1.82, 2.24) is 0 Å². The molecule has 0 aliphatic carbocycles. The Morgan fingerprint density at radius 1 is 1.24 bits per heavy atom. The van der Waals surface area contributed by atoms with E-state index in [0.29, 0.717) is 17.2 Å². The van der Waals surface area contributed by atoms with Crippen molar-refractivity contribution >= 4 is 29.5 Å². The van der Waals surface area contributed by atoms with E-state index in [2.05, 4.69) is 4.99 Å². The largest absolute Gasteiger partial charge is 0.462 e. The van der Waals surface area contributed by atoms with Crippen LogP contribution >= 0.6 is 11.6 Å². The molecule has 0 heterocycles. The van der Waals surface area contributed by atoms with E-state index >= 15 is 0 Å². The van der Waals surface area contributed by atoms with E-state index in [1.165, 1.54) is 0 Å². The lowest BCUT2D eigenvalue weighted by atomic mass is 10.2. The van der Waals surface area contributed by atoms with Gasteiger partial charge in [-0.25, -0.2) is 4.79 Å². The van der Waals surface area contributed by atoms with E-state index in [9.17, 15) is 4.79 Å². The average Bonchev–Trinajstić information content (AvgIpc) is 2.51. The molecule has 0 aliphatic rings. The number of halogens is 1. The molecule has 0 aromatic heterocycles. The van der Waals surface area contributed by atoms with Gasteiger partial charge in [0.25, 0.3) is 0 Å². The zero-order chi connectivity index (χ0) is 15.1. The molecule has 3 nitrogen and oxygen atoms in total. The normalized spacial score (nSPS) is 10.8. The monoisotopic (exact) mass is 301 g/mol. The van der Waals surface area contributed by atoms with Crippen LogP contribution in [0.15, 0.2) is 53.5 Å². The van der Waals surface area contributed by atoms with Crippen LogP contribution in [0.1, 0.15) is 29.3 Å². The van der Waals surface area contributed by atoms with Gasteiger partial charge in [-0.15, -0.1) is 0 Å². The maximum atomic E-state index is 11.7. The minimum atomic E-state index is -0.303. The summed E-state index contributed by atoms with van der Waals surface area (Å²) in [4.78, 5) is 16.0. The number of hydrogen-bond donors (Lipinski definition) is 0. The lowest BCUT2D eigenvalue weighted by molar-refractivity contribution is 0.0505. The van der Waals surface area contributed by atoms with Crippen LogP contribution < -0.4 is 0 Å². The molecule has 0 amide bonds. The van der Waals surface area contributed by atoms with E-state index in [1.807, 2.05) is 31.2 Å². The quantitative estimate of drug-likeness (QED) is 0.595. The Kier molecular flexibility index (Phi) is 5.52. The number of hydrogen-bond acceptors (Lipinski definition) is 3. The third-order valence-corrected chi connectivity index (χ3v) is 2.99. The second-order valence-electron chi connectivity index (χ2n) is 4.50. The van der Waals surface area contributed by atoms with E-state index in [4.69, 9.17) is 16.3 Å². The summed E-state index contributed by atoms with van der Waals surface area (Å²) in [6.07, 6.45) is 2.55. The van der Waals surface area contributed by atoms with Crippen molar-refractivity contribution in [2.75, 3.05) is 6.61 Å². The Labute approximate surface area is 129 Å². The van der Waals surface area contributed by atoms with Gasteiger partial charge in [0.15, 0.2) is 0 Å². The summed E-state index contributed by atoms with van der Waals surface area (Å²) in [5.41, 5.74) is 2.22. The third-order valence-electron chi connectivity index (χ3n) is 2.75. The molecule has 0 spiro atoms. The highest BCUT2D eigenvalue weighted by Gasteiger charge is 2.05. The molecule has 21 heavy (non-hydrogen) atoms. The molecule has 0 aliphatic heterocycles. The lowest BCUT2D eigenvalue weighted by Crippen LogP contribution is -2.05. The van der Waals surface area contributed by atoms with Gasteiger partial charge in [-0.05, 0) is 48.4 Å². The first-order chi connectivity index (χ1) is 10.2. The summed E-state index contributed by atoms with van der Waals surface area (Å²) in [6, 6.07) is 14.4. The second-order valence-corrected chi connectivity index (χ2v) is 4.93. The molecule has 2 aromatic rings. The zero-order valence-corrected chi connectivity index (χ0v) is 12.5. The number of rotatable bonds is 5. The van der Waals surface area contributed by atoms with E-state index in [1.54, 1.807) is 30.5 Å². The van der Waals surface area contributed by atoms with Gasteiger partial charge in [0, 0.05) is 11.2 Å². The minimum absolute atomic E-state index is 0.303. The number of aliphatic imine (C=N–C) groups is 1. The molecule has 2 aromatic carbocycles. The predicted molar refractivity (Wildman–Crippen MR) is 85.7 cm³/mol. The van der Waals surface area contributed by atoms with Crippen LogP contribution in [0.25, 0.3) is 0 Å². The van der Waals surface area contributed by atoms with Gasteiger partial charge in [-0.1, -0.05) is 30.7 Å². The first kappa shape index (κ1) is 15.3. The summed E-state index contributed by atoms with van der Waals surface area (Å²) in [6.45, 7) is 2.40. The summed E-state index contributed by atoms with van der Waals surface area (Å²) in [7, 11) is 0. The summed E-state index contributed by atoms with van der Waals surface area (Å²) >= 11 is 5.91. The number of carbonyl (C=O) groups is 1. The molecular formula is C17H16ClNO2. The molecule has 108 valence electrons. The van der Waals surface area contributed by atoms with Crippen molar-refractivity contribution in [2.24, 2.45) is 4.99 Å². The molecule has 0 atom stereocenters. The van der Waals surface area contributed by atoms with E-state index in [-0.39, 0.29) is 5.97 Å². The Bertz CT molecular complexity index is 635. The van der Waals surface area contributed by atoms with Crippen LogP contribution in [0.5, 0.6) is 0 Å². The Balaban J connectivity index is 2.04. The first-order valence-electron chi connectivity index (χ1n) is 6.76. The standard InChI is InChI=1S/C17H16ClNO2/c1-2-10-21-17(20)14-6-8-16(9-7-14)19-12-13-4-3-5-15(18)11-13/h3-9,11-12H,2,10H2,1H3. The van der Waals surface area contributed by atoms with Gasteiger partial charge in [0.05, 0.1) is 17.9 Å². The van der Waals surface area contributed by atoms with Crippen molar-refractivity contribution in [1.29, 1.82) is 0 Å². The van der Waals surface area contributed by atoms with Gasteiger partial charge in [0.2, 0.25) is 0 Å². The fourth-order valence-corrected chi connectivity index (χ4v) is 1.90. The van der Waals surface area contributed by atoms with Crippen LogP contribution in [-0.2, 0) is 4.74 Å². The Morgan fingerprint density at radius 2 is 2.00 bits per heavy atom. The SMILES string of the molecule is CCCOC(=O)c1ccc(N=Cc2cccc(Cl)c2)cc1. The topological polar surface area (TPSA) is 38.7 Å². The molecule has 0 N–H and O–H groups in total. The smallest absolute Gasteiger partial charge is 0.338 e. The molecule has 2 rings (SSSR count). The van der Waals surface area contributed by atoms with Gasteiger partial charge >= 0.3 is 5.97 Å². The summed E-state index contributed by atoms with van der Waals surface area (Å²) < 4.78 is 5.07. The molecule has 0 fully saturated rings. The fraction of sp³-hybridized carbons (Fsp3) is 0.176. The Hall–Kier alpha value is -2.13. The molecule has 0 radical (unpaired) electrons. The van der Waals surface area contributed by atoms with Crippen LogP contribution in [0, 0.1) is 0 Å². The lowest BCUT2D eigenvalue weighted by Gasteiger charge is -2.03. The molecular weight excluding hydrogens is 286 g/mol. The number of carbonyl (C=O) groups excluding carboxylic acids is 1. The molecule has 0 saturated carbocycles. The summed E-state index contributed by atoms with van der Waals surface area (Å²) in [5.74, 6) is -0.303. The van der Waals surface area contributed by atoms with Crippen LogP contribution in [-0.4, -0.2) is 18.8 Å². The number of nitrogens with zero attached hydrogens (tertiary/aromatic N) is 1. The van der Waals surface area contributed by atoms with Gasteiger partial charge in [-0.2, -0.15) is 0 Å². The van der Waals surface area contributed by atoms with Crippen molar-refractivity contribution in [3.05, 3.63) is 64.7 Å². The van der Waals surface area contributed by atoms with Crippen LogP contribution in [0.4, 0.5) is 5.69 Å². The number of esters is 1. The highest BCUT2D eigenvalue weighted by molar-refractivity contribution is 6.30. The molecule has 4 heteroatoms. The van der Waals surface area contributed by atoms with E-state index < -0.39 is 0 Å². The number of benzene rings is 2. The van der Waals surface area contributed by atoms with Gasteiger partial charge in [0.1, 0.15) is 0 Å². The van der Waals surface area contributed by atoms with Crippen molar-refractivity contribution in [3.63, 3.8) is 0 Å². The van der Waals surface area contributed by atoms with Gasteiger partial charge < -0.3 is 4.74 Å². The average molecular weight is 302 g/mol. The fourth-order valence-electron chi connectivity index (χ4n) is 1.70. The van der Waals surface area contributed by atoms with Crippen molar-refractivity contribution in [3.8, 4) is 0 Å². The zero-order valence-electron chi connectivity index (χ0n) is 11.8. The van der Waals surface area contributed by atoms with Crippen LogP contribution in [0.3, 0.4) is 0 Å². The highest BCUT2D eigenvalue weighted by Crippen LogP contribution is 2.15. The van der Waals surface area contributed by atoms with E-state index in [0.717, 1.165) is 17.7 Å². The van der Waals surface area contributed by atoms with Crippen LogP contribution in [0.2, 0.25) is 5.02 Å². The highest BCUT2D eigenvalue weighted by atomic mass is 35.5. The van der Waals surface area contributed by atoms with Crippen molar-refractivity contribution in [2.45, 2.75) is 13.3 Å². The Morgan fingerprint density at radius 3 is 2.67 bits per heavy atom. The predicted octanol–water partition coefficient (Wildman–Crippen LogP) is 4.66. The minimum Gasteiger partial charge on any atom is -0.462 e. The van der Waals surface area contributed by atoms with Crippen molar-refractivity contribution < 1.29 is 9.53 Å². The molecule has 0 unspecified atom stereocenters. The third kappa shape index (κ3) is 4.72. The maximum absolute atomic E-state index is 11.7. The molecule has 0 bridgehead atoms. The second kappa shape index (κ2) is 7.60. The number of ether oxygens (including phenoxy) is 1. The maximum Gasteiger partial charge on any atom is 0.338 e. The first-order valence-corrected chi connectivity index (χ1v) is 7.13.